The van der Waals surface area contributed by atoms with E-state index in [2.05, 4.69) is 21.8 Å². The summed E-state index contributed by atoms with van der Waals surface area (Å²) in [6.07, 6.45) is 0. The minimum atomic E-state index is 0.440. The highest BCUT2D eigenvalue weighted by Crippen LogP contribution is 2.46. The highest BCUT2D eigenvalue weighted by atomic mass is 14.8. The molecule has 0 fully saturated rings. The summed E-state index contributed by atoms with van der Waals surface area (Å²) in [5.41, 5.74) is 4.62. The molecule has 6 aromatic carbocycles. The number of hydrogen-bond acceptors (Lipinski definition) is 4. The normalized spacial score (nSPS) is 11.4. The first-order chi connectivity index (χ1) is 16.7. The van der Waals surface area contributed by atoms with Gasteiger partial charge in [-0.25, -0.2) is 19.7 Å². The molecule has 34 heavy (non-hydrogen) atoms. The van der Waals surface area contributed by atoms with E-state index in [0.29, 0.717) is 55.3 Å². The Balaban J connectivity index is 1.76. The van der Waals surface area contributed by atoms with Gasteiger partial charge in [0.15, 0.2) is 11.4 Å². The van der Waals surface area contributed by atoms with Crippen molar-refractivity contribution < 1.29 is 0 Å². The Bertz CT molecular complexity index is 1910. The zero-order valence-electron chi connectivity index (χ0n) is 17.3. The van der Waals surface area contributed by atoms with Gasteiger partial charge in [-0.1, -0.05) is 36.4 Å². The van der Waals surface area contributed by atoms with Crippen LogP contribution in [-0.4, -0.2) is 9.97 Å². The van der Waals surface area contributed by atoms with E-state index in [4.69, 9.17) is 23.1 Å². The van der Waals surface area contributed by atoms with E-state index < -0.39 is 0 Å². The average molecular weight is 428 g/mol. The topological polar surface area (TPSA) is 82.1 Å². The molecule has 0 unspecified atom stereocenters. The first-order valence-electron chi connectivity index (χ1n) is 10.4. The molecule has 6 nitrogen and oxygen atoms in total. The van der Waals surface area contributed by atoms with Crippen LogP contribution >= 0.6 is 0 Å². The lowest BCUT2D eigenvalue weighted by molar-refractivity contribution is 1.46. The Morgan fingerprint density at radius 1 is 0.529 bits per heavy atom. The predicted octanol–water partition coefficient (Wildman–Crippen LogP) is 7.12. The van der Waals surface area contributed by atoms with Crippen molar-refractivity contribution in [3.8, 4) is 12.1 Å². The van der Waals surface area contributed by atoms with Crippen molar-refractivity contribution in [2.45, 2.75) is 0 Å². The number of hydrogen-bond donors (Lipinski definition) is 0. The van der Waals surface area contributed by atoms with Gasteiger partial charge in [-0.05, 0) is 22.9 Å². The van der Waals surface area contributed by atoms with Crippen LogP contribution in [0.5, 0.6) is 0 Å². The van der Waals surface area contributed by atoms with Crippen LogP contribution in [0.4, 0.5) is 11.4 Å². The molecular formula is C28H8N6. The summed E-state index contributed by atoms with van der Waals surface area (Å²) in [5.74, 6) is 0. The molecule has 0 saturated heterocycles. The molecule has 0 aliphatic rings. The van der Waals surface area contributed by atoms with Crippen molar-refractivity contribution in [2.75, 3.05) is 0 Å². The van der Waals surface area contributed by atoms with Crippen LogP contribution in [-0.2, 0) is 0 Å². The van der Waals surface area contributed by atoms with Gasteiger partial charge in [0.25, 0.3) is 0 Å². The number of benzene rings is 4. The summed E-state index contributed by atoms with van der Waals surface area (Å²) in [6.45, 7) is 15.2. The summed E-state index contributed by atoms with van der Waals surface area (Å²) in [7, 11) is 0. The minimum Gasteiger partial charge on any atom is -0.243 e. The lowest BCUT2D eigenvalue weighted by atomic mass is 9.98. The molecule has 0 radical (unpaired) electrons. The van der Waals surface area contributed by atoms with E-state index in [1.165, 1.54) is 0 Å². The highest BCUT2D eigenvalue weighted by molar-refractivity contribution is 6.35. The van der Waals surface area contributed by atoms with Crippen LogP contribution in [0.2, 0.25) is 0 Å². The Morgan fingerprint density at radius 3 is 1.29 bits per heavy atom. The van der Waals surface area contributed by atoms with Crippen molar-refractivity contribution >= 4 is 76.5 Å². The van der Waals surface area contributed by atoms with Crippen LogP contribution in [0, 0.1) is 35.8 Å². The Morgan fingerprint density at radius 2 is 0.912 bits per heavy atom. The van der Waals surface area contributed by atoms with Crippen molar-refractivity contribution in [1.29, 1.82) is 10.5 Å². The quantitative estimate of drug-likeness (QED) is 0.241. The molecule has 0 aliphatic heterocycles. The van der Waals surface area contributed by atoms with Crippen molar-refractivity contribution in [3.05, 3.63) is 82.5 Å². The van der Waals surface area contributed by atoms with Gasteiger partial charge in [-0.3, -0.25) is 0 Å². The van der Waals surface area contributed by atoms with Gasteiger partial charge in [0.1, 0.15) is 0 Å². The number of nitrogens with zero attached hydrogens (tertiary/aromatic N) is 6. The molecule has 1 heterocycles. The third kappa shape index (κ3) is 1.92. The Hall–Kier alpha value is -5.56. The second-order valence-electron chi connectivity index (χ2n) is 8.15. The first-order valence-corrected chi connectivity index (χ1v) is 10.4. The zero-order chi connectivity index (χ0) is 23.1. The predicted molar refractivity (Wildman–Crippen MR) is 131 cm³/mol. The number of nitriles is 2. The molecule has 150 valence electrons. The van der Waals surface area contributed by atoms with E-state index in [1.807, 2.05) is 24.3 Å². The Kier molecular flexibility index (Phi) is 3.20. The third-order valence-corrected chi connectivity index (χ3v) is 6.68. The molecule has 0 aliphatic carbocycles. The average Bonchev–Trinajstić information content (AvgIpc) is 3.37. The SMILES string of the molecule is [C-]#[N+]c1ccc2c3nc4c5ccc(C#N)c6c(C#N)ccc(c4nc3c3ccc([N+]#[C-])c1c23)c65. The largest absolute Gasteiger partial charge is 0.243 e. The fraction of sp³-hybridized carbons (Fsp3) is 0. The maximum atomic E-state index is 9.66. The van der Waals surface area contributed by atoms with Crippen LogP contribution in [0.1, 0.15) is 11.1 Å². The number of rotatable bonds is 0. The van der Waals surface area contributed by atoms with Crippen molar-refractivity contribution in [2.24, 2.45) is 0 Å². The van der Waals surface area contributed by atoms with E-state index >= 15 is 0 Å². The van der Waals surface area contributed by atoms with Gasteiger partial charge in [-0.2, -0.15) is 10.5 Å². The van der Waals surface area contributed by atoms with E-state index in [9.17, 15) is 10.5 Å². The molecule has 0 spiro atoms. The fourth-order valence-corrected chi connectivity index (χ4v) is 5.30. The summed E-state index contributed by atoms with van der Waals surface area (Å²) < 4.78 is 0. The van der Waals surface area contributed by atoms with Gasteiger partial charge >= 0.3 is 0 Å². The van der Waals surface area contributed by atoms with Gasteiger partial charge < -0.3 is 0 Å². The molecule has 0 bridgehead atoms. The van der Waals surface area contributed by atoms with E-state index in [0.717, 1.165) is 32.3 Å². The molecule has 7 aromatic rings. The van der Waals surface area contributed by atoms with Gasteiger partial charge in [0, 0.05) is 32.3 Å². The van der Waals surface area contributed by atoms with Crippen molar-refractivity contribution in [1.82, 2.24) is 9.97 Å². The minimum absolute atomic E-state index is 0.440. The van der Waals surface area contributed by atoms with Gasteiger partial charge in [-0.15, -0.1) is 0 Å². The summed E-state index contributed by atoms with van der Waals surface area (Å²) in [6, 6.07) is 18.8. The van der Waals surface area contributed by atoms with Crippen molar-refractivity contribution in [3.63, 3.8) is 0 Å². The molecular weight excluding hydrogens is 420 g/mol. The maximum absolute atomic E-state index is 9.66. The lowest BCUT2D eigenvalue weighted by Gasteiger charge is -2.04. The third-order valence-electron chi connectivity index (χ3n) is 6.68. The first kappa shape index (κ1) is 18.1. The number of aromatic nitrogens is 2. The molecule has 0 N–H and O–H groups in total. The second kappa shape index (κ2) is 6.02. The van der Waals surface area contributed by atoms with E-state index in [-0.39, 0.29) is 0 Å². The van der Waals surface area contributed by atoms with Crippen LogP contribution in [0.15, 0.2) is 48.5 Å². The van der Waals surface area contributed by atoms with Crippen LogP contribution < -0.4 is 0 Å². The lowest BCUT2D eigenvalue weighted by Crippen LogP contribution is -1.85. The zero-order valence-corrected chi connectivity index (χ0v) is 17.3. The summed E-state index contributed by atoms with van der Waals surface area (Å²) >= 11 is 0. The monoisotopic (exact) mass is 428 g/mol. The van der Waals surface area contributed by atoms with E-state index in [1.54, 1.807) is 24.3 Å². The highest BCUT2D eigenvalue weighted by Gasteiger charge is 2.23. The molecule has 6 heteroatoms. The van der Waals surface area contributed by atoms with Crippen LogP contribution in [0.3, 0.4) is 0 Å². The summed E-state index contributed by atoms with van der Waals surface area (Å²) in [4.78, 5) is 17.4. The maximum Gasteiger partial charge on any atom is 0.184 e. The Labute approximate surface area is 191 Å². The van der Waals surface area contributed by atoms with Gasteiger partial charge in [0.05, 0.1) is 58.5 Å². The fourth-order valence-electron chi connectivity index (χ4n) is 5.30. The standard InChI is InChI=1S/C28H8N6/c1-31-19-9-7-17-23-18(8-10-20(32-2)24(19)23)28-27(17)33-25-15-5-3-13(11-29)21-14(12-30)4-6-16(22(15)21)26(25)34-28/h3-10H. The molecule has 7 rings (SSSR count). The van der Waals surface area contributed by atoms with Gasteiger partial charge in [0.2, 0.25) is 0 Å². The molecule has 0 saturated carbocycles. The molecule has 1 aromatic heterocycles. The second-order valence-corrected chi connectivity index (χ2v) is 8.15. The molecule has 0 amide bonds. The molecule has 0 atom stereocenters. The smallest absolute Gasteiger partial charge is 0.184 e. The summed E-state index contributed by atoms with van der Waals surface area (Å²) in [5, 5.41) is 25.6. The number of fused-ring (bicyclic) bond motifs is 6. The van der Waals surface area contributed by atoms with Crippen LogP contribution in [0.25, 0.3) is 74.8 Å².